The largest absolute Gasteiger partial charge is 0.339 e. The number of piperazine rings is 1. The van der Waals surface area contributed by atoms with E-state index in [0.29, 0.717) is 19.6 Å². The molecular weight excluding hydrogens is 314 g/mol. The molecule has 1 aromatic carbocycles. The Morgan fingerprint density at radius 1 is 1.08 bits per heavy atom. The fourth-order valence-electron chi connectivity index (χ4n) is 3.21. The zero-order chi connectivity index (χ0) is 17.8. The highest BCUT2D eigenvalue weighted by Crippen LogP contribution is 2.18. The zero-order valence-corrected chi connectivity index (χ0v) is 14.9. The van der Waals surface area contributed by atoms with Gasteiger partial charge in [-0.2, -0.15) is 0 Å². The van der Waals surface area contributed by atoms with E-state index in [4.69, 9.17) is 0 Å². The van der Waals surface area contributed by atoms with Crippen molar-refractivity contribution in [2.45, 2.75) is 13.8 Å². The van der Waals surface area contributed by atoms with Gasteiger partial charge < -0.3 is 10.2 Å². The lowest BCUT2D eigenvalue weighted by Gasteiger charge is -2.35. The van der Waals surface area contributed by atoms with Crippen molar-refractivity contribution in [2.24, 2.45) is 5.92 Å². The normalized spacial score (nSPS) is 17.9. The fourth-order valence-corrected chi connectivity index (χ4v) is 3.21. The SMILES string of the molecule is Cc1cccc(NC(=O)CN2CCN(C(=O)C3C=CC=C3)CC2)c1C. The van der Waals surface area contributed by atoms with E-state index in [-0.39, 0.29) is 17.7 Å². The third-order valence-corrected chi connectivity index (χ3v) is 4.96. The summed E-state index contributed by atoms with van der Waals surface area (Å²) in [7, 11) is 0. The first-order chi connectivity index (χ1) is 12.0. The Morgan fingerprint density at radius 3 is 2.44 bits per heavy atom. The van der Waals surface area contributed by atoms with Crippen molar-refractivity contribution in [1.82, 2.24) is 9.80 Å². The molecule has 1 saturated heterocycles. The second kappa shape index (κ2) is 7.66. The Hall–Kier alpha value is -2.40. The molecule has 2 aliphatic rings. The summed E-state index contributed by atoms with van der Waals surface area (Å²) in [6, 6.07) is 5.92. The molecular formula is C20H25N3O2. The first-order valence-corrected chi connectivity index (χ1v) is 8.77. The molecule has 0 aromatic heterocycles. The predicted octanol–water partition coefficient (Wildman–Crippen LogP) is 2.13. The van der Waals surface area contributed by atoms with Crippen LogP contribution in [-0.4, -0.2) is 54.3 Å². The van der Waals surface area contributed by atoms with Crippen LogP contribution in [-0.2, 0) is 9.59 Å². The van der Waals surface area contributed by atoms with Crippen LogP contribution < -0.4 is 5.32 Å². The van der Waals surface area contributed by atoms with Gasteiger partial charge in [-0.05, 0) is 31.0 Å². The van der Waals surface area contributed by atoms with E-state index in [1.165, 1.54) is 5.56 Å². The summed E-state index contributed by atoms with van der Waals surface area (Å²) in [6.07, 6.45) is 7.67. The Labute approximate surface area is 149 Å². The molecule has 1 aliphatic carbocycles. The van der Waals surface area contributed by atoms with Gasteiger partial charge in [-0.25, -0.2) is 0 Å². The van der Waals surface area contributed by atoms with Crippen molar-refractivity contribution < 1.29 is 9.59 Å². The van der Waals surface area contributed by atoms with Crippen molar-refractivity contribution >= 4 is 17.5 Å². The summed E-state index contributed by atoms with van der Waals surface area (Å²) >= 11 is 0. The number of anilines is 1. The van der Waals surface area contributed by atoms with Gasteiger partial charge in [0.25, 0.3) is 0 Å². The number of allylic oxidation sites excluding steroid dienone is 2. The van der Waals surface area contributed by atoms with E-state index in [2.05, 4.69) is 10.2 Å². The molecule has 1 aromatic rings. The maximum atomic E-state index is 12.4. The van der Waals surface area contributed by atoms with E-state index in [1.807, 2.05) is 61.3 Å². The number of nitrogens with one attached hydrogen (secondary N) is 1. The van der Waals surface area contributed by atoms with Gasteiger partial charge in [-0.15, -0.1) is 0 Å². The van der Waals surface area contributed by atoms with E-state index in [1.54, 1.807) is 0 Å². The molecule has 5 nitrogen and oxygen atoms in total. The molecule has 1 heterocycles. The number of carbonyl (C=O) groups is 2. The van der Waals surface area contributed by atoms with Crippen LogP contribution in [0, 0.1) is 19.8 Å². The lowest BCUT2D eigenvalue weighted by molar-refractivity contribution is -0.134. The number of hydrogen-bond acceptors (Lipinski definition) is 3. The van der Waals surface area contributed by atoms with Crippen LogP contribution in [0.15, 0.2) is 42.5 Å². The number of carbonyl (C=O) groups excluding carboxylic acids is 2. The third-order valence-electron chi connectivity index (χ3n) is 4.96. The minimum Gasteiger partial charge on any atom is -0.339 e. The lowest BCUT2D eigenvalue weighted by Crippen LogP contribution is -2.51. The van der Waals surface area contributed by atoms with Gasteiger partial charge in [0.1, 0.15) is 0 Å². The number of rotatable bonds is 4. The standard InChI is InChI=1S/C20H25N3O2/c1-15-6-5-9-18(16(15)2)21-19(24)14-22-10-12-23(13-11-22)20(25)17-7-3-4-8-17/h3-9,17H,10-14H2,1-2H3,(H,21,24). The molecule has 0 spiro atoms. The number of hydrogen-bond donors (Lipinski definition) is 1. The molecule has 0 bridgehead atoms. The van der Waals surface area contributed by atoms with Crippen molar-refractivity contribution in [3.05, 3.63) is 53.6 Å². The van der Waals surface area contributed by atoms with Crippen LogP contribution in [0.1, 0.15) is 11.1 Å². The Bertz CT molecular complexity index is 704. The van der Waals surface area contributed by atoms with Crippen LogP contribution >= 0.6 is 0 Å². The predicted molar refractivity (Wildman–Crippen MR) is 99.3 cm³/mol. The van der Waals surface area contributed by atoms with Gasteiger partial charge in [-0.1, -0.05) is 36.4 Å². The highest BCUT2D eigenvalue weighted by atomic mass is 16.2. The van der Waals surface area contributed by atoms with Crippen molar-refractivity contribution in [3.8, 4) is 0 Å². The van der Waals surface area contributed by atoms with Gasteiger partial charge in [0.2, 0.25) is 11.8 Å². The zero-order valence-electron chi connectivity index (χ0n) is 14.9. The van der Waals surface area contributed by atoms with E-state index in [0.717, 1.165) is 24.3 Å². The minimum absolute atomic E-state index is 0.00450. The molecule has 132 valence electrons. The molecule has 1 N–H and O–H groups in total. The minimum atomic E-state index is -0.112. The van der Waals surface area contributed by atoms with Gasteiger partial charge >= 0.3 is 0 Å². The van der Waals surface area contributed by atoms with E-state index < -0.39 is 0 Å². The first kappa shape index (κ1) is 17.4. The van der Waals surface area contributed by atoms with Crippen LogP contribution in [0.3, 0.4) is 0 Å². The molecule has 3 rings (SSSR count). The second-order valence-corrected chi connectivity index (χ2v) is 6.69. The Balaban J connectivity index is 1.48. The van der Waals surface area contributed by atoms with Crippen LogP contribution in [0.5, 0.6) is 0 Å². The summed E-state index contributed by atoms with van der Waals surface area (Å²) in [4.78, 5) is 28.7. The van der Waals surface area contributed by atoms with Gasteiger partial charge in [0.15, 0.2) is 0 Å². The second-order valence-electron chi connectivity index (χ2n) is 6.69. The smallest absolute Gasteiger partial charge is 0.238 e. The molecule has 0 atom stereocenters. The summed E-state index contributed by atoms with van der Waals surface area (Å²) in [6.45, 7) is 7.22. The monoisotopic (exact) mass is 339 g/mol. The van der Waals surface area contributed by atoms with Crippen molar-refractivity contribution in [2.75, 3.05) is 38.0 Å². The van der Waals surface area contributed by atoms with Gasteiger partial charge in [0.05, 0.1) is 12.5 Å². The van der Waals surface area contributed by atoms with Crippen molar-refractivity contribution in [3.63, 3.8) is 0 Å². The van der Waals surface area contributed by atoms with Crippen LogP contribution in [0.4, 0.5) is 5.69 Å². The number of amides is 2. The summed E-state index contributed by atoms with van der Waals surface area (Å²) in [5.41, 5.74) is 3.14. The molecule has 0 saturated carbocycles. The summed E-state index contributed by atoms with van der Waals surface area (Å²) in [5.74, 6) is 0.0405. The van der Waals surface area contributed by atoms with Crippen LogP contribution in [0.2, 0.25) is 0 Å². The Morgan fingerprint density at radius 2 is 1.76 bits per heavy atom. The topological polar surface area (TPSA) is 52.7 Å². The molecule has 1 aliphatic heterocycles. The highest BCUT2D eigenvalue weighted by Gasteiger charge is 2.26. The third kappa shape index (κ3) is 4.17. The maximum Gasteiger partial charge on any atom is 0.238 e. The highest BCUT2D eigenvalue weighted by molar-refractivity contribution is 5.93. The number of nitrogens with zero attached hydrogens (tertiary/aromatic N) is 2. The summed E-state index contributed by atoms with van der Waals surface area (Å²) < 4.78 is 0. The van der Waals surface area contributed by atoms with E-state index in [9.17, 15) is 9.59 Å². The molecule has 2 amide bonds. The van der Waals surface area contributed by atoms with Gasteiger partial charge in [-0.3, -0.25) is 14.5 Å². The average Bonchev–Trinajstić information content (AvgIpc) is 3.13. The number of benzene rings is 1. The van der Waals surface area contributed by atoms with Crippen molar-refractivity contribution in [1.29, 1.82) is 0 Å². The van der Waals surface area contributed by atoms with Crippen LogP contribution in [0.25, 0.3) is 0 Å². The molecule has 0 radical (unpaired) electrons. The quantitative estimate of drug-likeness (QED) is 0.914. The van der Waals surface area contributed by atoms with Gasteiger partial charge in [0, 0.05) is 31.9 Å². The lowest BCUT2D eigenvalue weighted by atomic mass is 10.1. The molecule has 5 heteroatoms. The van der Waals surface area contributed by atoms with E-state index >= 15 is 0 Å². The molecule has 25 heavy (non-hydrogen) atoms. The maximum absolute atomic E-state index is 12.4. The molecule has 1 fully saturated rings. The Kier molecular flexibility index (Phi) is 5.34. The summed E-state index contributed by atoms with van der Waals surface area (Å²) in [5, 5.41) is 3.00. The molecule has 0 unspecified atom stereocenters. The first-order valence-electron chi connectivity index (χ1n) is 8.77. The fraction of sp³-hybridized carbons (Fsp3) is 0.400. The average molecular weight is 339 g/mol. The number of aryl methyl sites for hydroxylation is 1.